The van der Waals surface area contributed by atoms with Crippen molar-refractivity contribution in [1.82, 2.24) is 29.6 Å². The van der Waals surface area contributed by atoms with E-state index in [1.165, 1.54) is 35.3 Å². The summed E-state index contributed by atoms with van der Waals surface area (Å²) in [5.41, 5.74) is 0.356. The largest absolute Gasteiger partial charge is 0.328 e. The molecule has 0 saturated heterocycles. The minimum Gasteiger partial charge on any atom is -0.328 e. The first kappa shape index (κ1) is 20.7. The van der Waals surface area contributed by atoms with E-state index in [1.54, 1.807) is 23.4 Å². The van der Waals surface area contributed by atoms with Gasteiger partial charge in [0.05, 0.1) is 6.04 Å². The van der Waals surface area contributed by atoms with Gasteiger partial charge in [0, 0.05) is 36.0 Å². The minimum absolute atomic E-state index is 0.0284. The van der Waals surface area contributed by atoms with Gasteiger partial charge in [-0.25, -0.2) is 23.7 Å². The smallest absolute Gasteiger partial charge is 0.276 e. The van der Waals surface area contributed by atoms with Crippen molar-refractivity contribution in [3.63, 3.8) is 0 Å². The van der Waals surface area contributed by atoms with Crippen molar-refractivity contribution >= 4 is 5.91 Å². The molecule has 5 rings (SSSR count). The van der Waals surface area contributed by atoms with Crippen LogP contribution < -0.4 is 0 Å². The van der Waals surface area contributed by atoms with Crippen LogP contribution in [0.3, 0.4) is 0 Å². The molecule has 2 heterocycles. The highest BCUT2D eigenvalue weighted by Gasteiger charge is 2.47. The predicted molar refractivity (Wildman–Crippen MR) is 112 cm³/mol. The van der Waals surface area contributed by atoms with Gasteiger partial charge >= 0.3 is 0 Å². The normalized spacial score (nSPS) is 17.2. The van der Waals surface area contributed by atoms with Gasteiger partial charge in [0.2, 0.25) is 0 Å². The summed E-state index contributed by atoms with van der Waals surface area (Å²) >= 11 is 0. The number of alkyl halides is 2. The van der Waals surface area contributed by atoms with Crippen molar-refractivity contribution in [3.05, 3.63) is 66.0 Å². The third-order valence-corrected chi connectivity index (χ3v) is 6.18. The molecule has 1 aromatic carbocycles. The van der Waals surface area contributed by atoms with Crippen LogP contribution in [-0.2, 0) is 5.92 Å². The van der Waals surface area contributed by atoms with Gasteiger partial charge in [-0.1, -0.05) is 12.1 Å². The van der Waals surface area contributed by atoms with Gasteiger partial charge in [0.25, 0.3) is 17.8 Å². The van der Waals surface area contributed by atoms with Crippen molar-refractivity contribution in [2.45, 2.75) is 44.6 Å². The number of carbonyl (C=O) groups is 1. The lowest BCUT2D eigenvalue weighted by atomic mass is 10.0. The number of rotatable bonds is 8. The molecule has 3 aromatic rings. The number of benzene rings is 1. The zero-order chi connectivity index (χ0) is 22.3. The lowest BCUT2D eigenvalue weighted by Crippen LogP contribution is -2.36. The van der Waals surface area contributed by atoms with Gasteiger partial charge in [-0.2, -0.15) is 9.78 Å². The maximum atomic E-state index is 14.4. The van der Waals surface area contributed by atoms with Gasteiger partial charge < -0.3 is 4.90 Å². The lowest BCUT2D eigenvalue weighted by Gasteiger charge is -2.29. The molecule has 0 spiro atoms. The quantitative estimate of drug-likeness (QED) is 0.528. The molecule has 7 nitrogen and oxygen atoms in total. The molecule has 2 aliphatic carbocycles. The summed E-state index contributed by atoms with van der Waals surface area (Å²) in [5.74, 6) is -2.28. The Morgan fingerprint density at radius 1 is 1.12 bits per heavy atom. The Morgan fingerprint density at radius 3 is 2.44 bits per heavy atom. The maximum Gasteiger partial charge on any atom is 0.276 e. The summed E-state index contributed by atoms with van der Waals surface area (Å²) in [6.07, 6.45) is 7.87. The molecule has 32 heavy (non-hydrogen) atoms. The van der Waals surface area contributed by atoms with Crippen molar-refractivity contribution < 1.29 is 13.6 Å². The summed E-state index contributed by atoms with van der Waals surface area (Å²) < 4.78 is 30.3. The fourth-order valence-electron chi connectivity index (χ4n) is 3.91. The van der Waals surface area contributed by atoms with Crippen LogP contribution in [0.15, 0.2) is 49.1 Å². The SMILES string of the molecule is CC(c1ncnn1-c1ncccn1)N(CC1CC1)C(=O)c1ccc(C(F)(F)C2CC2)cc1. The molecule has 2 saturated carbocycles. The highest BCUT2D eigenvalue weighted by atomic mass is 19.3. The summed E-state index contributed by atoms with van der Waals surface area (Å²) in [6.45, 7) is 2.46. The average Bonchev–Trinajstić information content (AvgIpc) is 3.75. The van der Waals surface area contributed by atoms with Crippen LogP contribution in [0.1, 0.15) is 60.4 Å². The van der Waals surface area contributed by atoms with E-state index in [9.17, 15) is 13.6 Å². The van der Waals surface area contributed by atoms with Gasteiger partial charge in [0.1, 0.15) is 6.33 Å². The minimum atomic E-state index is -2.84. The topological polar surface area (TPSA) is 76.8 Å². The summed E-state index contributed by atoms with van der Waals surface area (Å²) in [4.78, 5) is 28.0. The van der Waals surface area contributed by atoms with E-state index in [4.69, 9.17) is 0 Å². The van der Waals surface area contributed by atoms with E-state index < -0.39 is 17.9 Å². The first-order valence-electron chi connectivity index (χ1n) is 10.9. The van der Waals surface area contributed by atoms with Gasteiger partial charge in [0.15, 0.2) is 5.82 Å². The highest BCUT2D eigenvalue weighted by molar-refractivity contribution is 5.94. The molecule has 0 radical (unpaired) electrons. The first-order chi connectivity index (χ1) is 15.4. The Hall–Kier alpha value is -3.23. The second-order valence-electron chi connectivity index (χ2n) is 8.63. The van der Waals surface area contributed by atoms with Gasteiger partial charge in [-0.15, -0.1) is 0 Å². The molecule has 9 heteroatoms. The van der Waals surface area contributed by atoms with E-state index >= 15 is 0 Å². The third kappa shape index (κ3) is 3.99. The second kappa shape index (κ2) is 8.03. The zero-order valence-corrected chi connectivity index (χ0v) is 17.7. The standard InChI is InChI=1S/C23H24F2N6O/c1-15(20-28-14-29-31(20)22-26-11-2-12-27-22)30(13-16-3-4-16)21(32)17-5-7-18(8-6-17)23(24,25)19-9-10-19/h2,5-8,11-12,14-16,19H,3-4,9-10,13H2,1H3. The Balaban J connectivity index is 1.41. The number of halogens is 2. The van der Waals surface area contributed by atoms with E-state index in [1.807, 2.05) is 6.92 Å². The molecule has 0 aliphatic heterocycles. The van der Waals surface area contributed by atoms with Gasteiger partial charge in [-0.05, 0) is 56.7 Å². The van der Waals surface area contributed by atoms with Crippen LogP contribution in [0, 0.1) is 11.8 Å². The number of amides is 1. The number of aromatic nitrogens is 5. The van der Waals surface area contributed by atoms with Crippen molar-refractivity contribution in [3.8, 4) is 5.95 Å². The molecule has 0 bridgehead atoms. The molecule has 1 amide bonds. The number of hydrogen-bond donors (Lipinski definition) is 0. The second-order valence-corrected chi connectivity index (χ2v) is 8.63. The van der Waals surface area contributed by atoms with Crippen molar-refractivity contribution in [2.75, 3.05) is 6.54 Å². The van der Waals surface area contributed by atoms with E-state index in [-0.39, 0.29) is 11.5 Å². The fraction of sp³-hybridized carbons (Fsp3) is 0.435. The maximum absolute atomic E-state index is 14.4. The van der Waals surface area contributed by atoms with Crippen LogP contribution in [-0.4, -0.2) is 42.1 Å². The van der Waals surface area contributed by atoms with Crippen LogP contribution >= 0.6 is 0 Å². The number of carbonyl (C=O) groups excluding carboxylic acids is 1. The van der Waals surface area contributed by atoms with Crippen LogP contribution in [0.5, 0.6) is 0 Å². The molecule has 166 valence electrons. The van der Waals surface area contributed by atoms with E-state index in [0.29, 0.717) is 42.6 Å². The third-order valence-electron chi connectivity index (χ3n) is 6.18. The predicted octanol–water partition coefficient (Wildman–Crippen LogP) is 4.17. The van der Waals surface area contributed by atoms with Crippen molar-refractivity contribution in [1.29, 1.82) is 0 Å². The summed E-state index contributed by atoms with van der Waals surface area (Å²) in [5, 5.41) is 4.24. The Labute approximate surface area is 184 Å². The van der Waals surface area contributed by atoms with Crippen LogP contribution in [0.2, 0.25) is 0 Å². The number of hydrogen-bond acceptors (Lipinski definition) is 5. The molecule has 1 atom stereocenters. The van der Waals surface area contributed by atoms with Crippen LogP contribution in [0.4, 0.5) is 8.78 Å². The fourth-order valence-corrected chi connectivity index (χ4v) is 3.91. The Kier molecular flexibility index (Phi) is 5.19. The Morgan fingerprint density at radius 2 is 1.81 bits per heavy atom. The summed E-state index contributed by atoms with van der Waals surface area (Å²) in [7, 11) is 0. The highest BCUT2D eigenvalue weighted by Crippen LogP contribution is 2.49. The molecule has 0 N–H and O–H groups in total. The van der Waals surface area contributed by atoms with Crippen LogP contribution in [0.25, 0.3) is 5.95 Å². The first-order valence-corrected chi connectivity index (χ1v) is 10.9. The average molecular weight is 438 g/mol. The molecule has 2 fully saturated rings. The lowest BCUT2D eigenvalue weighted by molar-refractivity contribution is -0.0285. The zero-order valence-electron chi connectivity index (χ0n) is 17.7. The molecule has 1 unspecified atom stereocenters. The molecule has 2 aromatic heterocycles. The summed E-state index contributed by atoms with van der Waals surface area (Å²) in [6, 6.07) is 7.08. The molecule has 2 aliphatic rings. The molecular weight excluding hydrogens is 414 g/mol. The van der Waals surface area contributed by atoms with Gasteiger partial charge in [-0.3, -0.25) is 4.79 Å². The van der Waals surface area contributed by atoms with E-state index in [2.05, 4.69) is 20.1 Å². The Bertz CT molecular complexity index is 1090. The van der Waals surface area contributed by atoms with E-state index in [0.717, 1.165) is 12.8 Å². The van der Waals surface area contributed by atoms with Crippen molar-refractivity contribution in [2.24, 2.45) is 11.8 Å². The number of nitrogens with zero attached hydrogens (tertiary/aromatic N) is 6. The monoisotopic (exact) mass is 438 g/mol. The molecular formula is C23H24F2N6O.